The van der Waals surface area contributed by atoms with E-state index in [-0.39, 0.29) is 10.6 Å². The van der Waals surface area contributed by atoms with E-state index >= 15 is 0 Å². The van der Waals surface area contributed by atoms with E-state index in [1.165, 1.54) is 6.07 Å². The average Bonchev–Trinajstić information content (AvgIpc) is 2.31. The van der Waals surface area contributed by atoms with Gasteiger partial charge in [0.2, 0.25) is 10.0 Å². The van der Waals surface area contributed by atoms with Crippen LogP contribution in [0.5, 0.6) is 0 Å². The summed E-state index contributed by atoms with van der Waals surface area (Å²) in [7, 11) is -1.62. The summed E-state index contributed by atoms with van der Waals surface area (Å²) in [6, 6.07) is 5.16. The van der Waals surface area contributed by atoms with Gasteiger partial charge in [0, 0.05) is 23.6 Å². The Balaban J connectivity index is 2.74. The van der Waals surface area contributed by atoms with Gasteiger partial charge < -0.3 is 10.6 Å². The molecular formula is C12H20BrN3O2S. The Morgan fingerprint density at radius 2 is 2.05 bits per heavy atom. The molecule has 0 unspecified atom stereocenters. The van der Waals surface area contributed by atoms with Crippen molar-refractivity contribution in [3.63, 3.8) is 0 Å². The lowest BCUT2D eigenvalue weighted by Gasteiger charge is -2.21. The highest BCUT2D eigenvalue weighted by Crippen LogP contribution is 2.22. The molecule has 108 valence electrons. The Kier molecular flexibility index (Phi) is 5.79. The Labute approximate surface area is 123 Å². The summed E-state index contributed by atoms with van der Waals surface area (Å²) in [5, 5.41) is 0. The second-order valence-electron chi connectivity index (χ2n) is 4.65. The van der Waals surface area contributed by atoms with Crippen molar-refractivity contribution in [2.24, 2.45) is 0 Å². The van der Waals surface area contributed by atoms with Crippen molar-refractivity contribution in [1.82, 2.24) is 9.62 Å². The van der Waals surface area contributed by atoms with Gasteiger partial charge in [0.25, 0.3) is 0 Å². The third kappa shape index (κ3) is 4.76. The molecule has 0 amide bonds. The van der Waals surface area contributed by atoms with Gasteiger partial charge in [0.15, 0.2) is 0 Å². The molecule has 0 saturated heterocycles. The topological polar surface area (TPSA) is 75.4 Å². The third-order valence-corrected chi connectivity index (χ3v) is 4.91. The highest BCUT2D eigenvalue weighted by molar-refractivity contribution is 9.10. The summed E-state index contributed by atoms with van der Waals surface area (Å²) in [5.41, 5.74) is 5.95. The van der Waals surface area contributed by atoms with Gasteiger partial charge in [-0.25, -0.2) is 13.1 Å². The molecule has 0 radical (unpaired) electrons. The van der Waals surface area contributed by atoms with E-state index in [2.05, 4.69) is 39.4 Å². The van der Waals surface area contributed by atoms with Gasteiger partial charge in [-0.2, -0.15) is 0 Å². The number of sulfonamides is 1. The fourth-order valence-electron chi connectivity index (χ4n) is 1.43. The number of nitrogens with zero attached hydrogens (tertiary/aromatic N) is 1. The van der Waals surface area contributed by atoms with E-state index in [0.29, 0.717) is 23.6 Å². The zero-order valence-corrected chi connectivity index (χ0v) is 13.8. The molecule has 0 aliphatic rings. The van der Waals surface area contributed by atoms with Gasteiger partial charge in [-0.15, -0.1) is 0 Å². The number of halogens is 1. The molecule has 1 aromatic rings. The van der Waals surface area contributed by atoms with Gasteiger partial charge in [-0.05, 0) is 39.1 Å². The number of hydrogen-bond donors (Lipinski definition) is 2. The van der Waals surface area contributed by atoms with E-state index in [9.17, 15) is 8.42 Å². The van der Waals surface area contributed by atoms with Crippen molar-refractivity contribution in [2.45, 2.75) is 24.8 Å². The molecule has 5 nitrogen and oxygen atoms in total. The number of nitrogens with two attached hydrogens (primary N) is 1. The predicted octanol–water partition coefficient (Wildman–Crippen LogP) is 1.65. The SMILES string of the molecule is CC(C)N(C)CCNS(=O)(=O)c1cc(Br)ccc1N. The van der Waals surface area contributed by atoms with Gasteiger partial charge in [0.1, 0.15) is 4.90 Å². The van der Waals surface area contributed by atoms with Crippen LogP contribution in [0.1, 0.15) is 13.8 Å². The summed E-state index contributed by atoms with van der Waals surface area (Å²) in [5.74, 6) is 0. The summed E-state index contributed by atoms with van der Waals surface area (Å²) < 4.78 is 27.5. The van der Waals surface area contributed by atoms with E-state index in [0.717, 1.165) is 0 Å². The first kappa shape index (κ1) is 16.4. The fraction of sp³-hybridized carbons (Fsp3) is 0.500. The molecule has 1 aromatic carbocycles. The molecular weight excluding hydrogens is 330 g/mol. The first-order chi connectivity index (χ1) is 8.74. The second kappa shape index (κ2) is 6.69. The number of likely N-dealkylation sites (N-methyl/N-ethyl adjacent to an activating group) is 1. The van der Waals surface area contributed by atoms with Gasteiger partial charge in [-0.3, -0.25) is 0 Å². The number of hydrogen-bond acceptors (Lipinski definition) is 4. The van der Waals surface area contributed by atoms with Crippen LogP contribution in [0.3, 0.4) is 0 Å². The predicted molar refractivity (Wildman–Crippen MR) is 81.5 cm³/mol. The smallest absolute Gasteiger partial charge is 0.242 e. The molecule has 19 heavy (non-hydrogen) atoms. The molecule has 0 saturated carbocycles. The van der Waals surface area contributed by atoms with Crippen LogP contribution in [0, 0.1) is 0 Å². The Morgan fingerprint density at radius 3 is 2.63 bits per heavy atom. The van der Waals surface area contributed by atoms with Gasteiger partial charge >= 0.3 is 0 Å². The molecule has 7 heteroatoms. The fourth-order valence-corrected chi connectivity index (χ4v) is 3.12. The first-order valence-electron chi connectivity index (χ1n) is 5.99. The lowest BCUT2D eigenvalue weighted by molar-refractivity contribution is 0.278. The average molecular weight is 350 g/mol. The van der Waals surface area contributed by atoms with Crippen molar-refractivity contribution in [1.29, 1.82) is 0 Å². The molecule has 0 aliphatic heterocycles. The van der Waals surface area contributed by atoms with Crippen LogP contribution in [0.2, 0.25) is 0 Å². The summed E-state index contributed by atoms with van der Waals surface area (Å²) in [6.45, 7) is 5.11. The van der Waals surface area contributed by atoms with Crippen molar-refractivity contribution >= 4 is 31.6 Å². The van der Waals surface area contributed by atoms with Crippen LogP contribution in [0.15, 0.2) is 27.6 Å². The quantitative estimate of drug-likeness (QED) is 0.765. The third-order valence-electron chi connectivity index (χ3n) is 2.90. The number of rotatable bonds is 6. The molecule has 0 atom stereocenters. The van der Waals surface area contributed by atoms with E-state index in [1.54, 1.807) is 12.1 Å². The Hall–Kier alpha value is -0.630. The number of benzene rings is 1. The maximum atomic E-state index is 12.1. The van der Waals surface area contributed by atoms with Crippen LogP contribution in [-0.2, 0) is 10.0 Å². The Morgan fingerprint density at radius 1 is 1.42 bits per heavy atom. The minimum absolute atomic E-state index is 0.106. The maximum absolute atomic E-state index is 12.1. The molecule has 0 spiro atoms. The highest BCUT2D eigenvalue weighted by Gasteiger charge is 2.17. The van der Waals surface area contributed by atoms with Gasteiger partial charge in [-0.1, -0.05) is 15.9 Å². The summed E-state index contributed by atoms with van der Waals surface area (Å²) >= 11 is 3.24. The van der Waals surface area contributed by atoms with E-state index in [1.807, 2.05) is 7.05 Å². The lowest BCUT2D eigenvalue weighted by Crippen LogP contribution is -2.36. The normalized spacial score (nSPS) is 12.3. The van der Waals surface area contributed by atoms with Crippen LogP contribution < -0.4 is 10.5 Å². The van der Waals surface area contributed by atoms with Crippen molar-refractivity contribution in [3.05, 3.63) is 22.7 Å². The standard InChI is InChI=1S/C12H20BrN3O2S/c1-9(2)16(3)7-6-15-19(17,18)12-8-10(13)4-5-11(12)14/h4-5,8-9,15H,6-7,14H2,1-3H3. The van der Waals surface area contributed by atoms with Gasteiger partial charge in [0.05, 0.1) is 5.69 Å². The second-order valence-corrected chi connectivity index (χ2v) is 7.31. The largest absolute Gasteiger partial charge is 0.398 e. The lowest BCUT2D eigenvalue weighted by atomic mass is 10.3. The number of nitrogens with one attached hydrogen (secondary N) is 1. The summed E-state index contributed by atoms with van der Waals surface area (Å²) in [6.07, 6.45) is 0. The highest BCUT2D eigenvalue weighted by atomic mass is 79.9. The number of anilines is 1. The van der Waals surface area contributed by atoms with Crippen molar-refractivity contribution < 1.29 is 8.42 Å². The molecule has 1 rings (SSSR count). The monoisotopic (exact) mass is 349 g/mol. The van der Waals surface area contributed by atoms with Crippen LogP contribution in [0.4, 0.5) is 5.69 Å². The van der Waals surface area contributed by atoms with Crippen LogP contribution >= 0.6 is 15.9 Å². The molecule has 3 N–H and O–H groups in total. The van der Waals surface area contributed by atoms with E-state index in [4.69, 9.17) is 5.73 Å². The Bertz CT molecular complexity index is 532. The zero-order valence-electron chi connectivity index (χ0n) is 11.4. The maximum Gasteiger partial charge on any atom is 0.242 e. The first-order valence-corrected chi connectivity index (χ1v) is 8.26. The van der Waals surface area contributed by atoms with Crippen LogP contribution in [0.25, 0.3) is 0 Å². The summed E-state index contributed by atoms with van der Waals surface area (Å²) in [4.78, 5) is 2.17. The molecule has 0 fully saturated rings. The van der Waals surface area contributed by atoms with Crippen molar-refractivity contribution in [3.8, 4) is 0 Å². The zero-order chi connectivity index (χ0) is 14.6. The van der Waals surface area contributed by atoms with E-state index < -0.39 is 10.0 Å². The van der Waals surface area contributed by atoms with Crippen LogP contribution in [-0.4, -0.2) is 39.5 Å². The molecule has 0 heterocycles. The minimum Gasteiger partial charge on any atom is -0.398 e. The number of nitrogen functional groups attached to an aromatic ring is 1. The molecule has 0 bridgehead atoms. The molecule has 0 aliphatic carbocycles. The molecule has 0 aromatic heterocycles. The minimum atomic E-state index is -3.57. The van der Waals surface area contributed by atoms with Crippen molar-refractivity contribution in [2.75, 3.05) is 25.9 Å².